The van der Waals surface area contributed by atoms with Crippen LogP contribution >= 0.6 is 22.6 Å². The monoisotopic (exact) mass is 430 g/mol. The molecule has 7 heteroatoms. The zero-order valence-corrected chi connectivity index (χ0v) is 14.9. The van der Waals surface area contributed by atoms with E-state index in [9.17, 15) is 14.4 Å². The lowest BCUT2D eigenvalue weighted by atomic mass is 10.2. The Kier molecular flexibility index (Phi) is 6.82. The normalized spacial score (nSPS) is 15.0. The average molecular weight is 430 g/mol. The molecule has 6 nitrogen and oxygen atoms in total. The molecule has 0 bridgehead atoms. The van der Waals surface area contributed by atoms with E-state index in [1.54, 1.807) is 12.1 Å². The third-order valence-electron chi connectivity index (χ3n) is 3.48. The summed E-state index contributed by atoms with van der Waals surface area (Å²) in [4.78, 5) is 36.8. The van der Waals surface area contributed by atoms with Crippen molar-refractivity contribution in [2.24, 2.45) is 0 Å². The van der Waals surface area contributed by atoms with E-state index < -0.39 is 11.9 Å². The van der Waals surface area contributed by atoms with Crippen molar-refractivity contribution in [3.05, 3.63) is 27.8 Å². The van der Waals surface area contributed by atoms with Crippen LogP contribution in [0.15, 0.2) is 24.3 Å². The number of benzene rings is 1. The molecule has 2 rings (SSSR count). The van der Waals surface area contributed by atoms with Gasteiger partial charge in [-0.1, -0.05) is 6.42 Å². The fraction of sp³-hybridized carbons (Fsp3) is 0.438. The number of rotatable bonds is 5. The first-order valence-electron chi connectivity index (χ1n) is 7.53. The van der Waals surface area contributed by atoms with Crippen molar-refractivity contribution in [1.82, 2.24) is 4.90 Å². The number of carbonyl (C=O) groups excluding carboxylic acids is 3. The van der Waals surface area contributed by atoms with Crippen LogP contribution in [0.25, 0.3) is 0 Å². The van der Waals surface area contributed by atoms with Gasteiger partial charge in [-0.05, 0) is 59.7 Å². The maximum Gasteiger partial charge on any atom is 0.326 e. The first-order chi connectivity index (χ1) is 11.0. The lowest BCUT2D eigenvalue weighted by molar-refractivity contribution is -0.151. The molecule has 1 fully saturated rings. The van der Waals surface area contributed by atoms with Gasteiger partial charge in [0, 0.05) is 22.2 Å². The summed E-state index contributed by atoms with van der Waals surface area (Å²) in [6.07, 6.45) is 3.23. The predicted molar refractivity (Wildman–Crippen MR) is 93.8 cm³/mol. The topological polar surface area (TPSA) is 75.7 Å². The molecular formula is C16H19IN2O4. The molecule has 1 heterocycles. The fourth-order valence-electron chi connectivity index (χ4n) is 2.28. The van der Waals surface area contributed by atoms with Gasteiger partial charge >= 0.3 is 5.97 Å². The van der Waals surface area contributed by atoms with Crippen molar-refractivity contribution < 1.29 is 19.1 Å². The lowest BCUT2D eigenvalue weighted by Gasteiger charge is -2.19. The van der Waals surface area contributed by atoms with Gasteiger partial charge in [0.1, 0.15) is 6.54 Å². The quantitative estimate of drug-likeness (QED) is 0.574. The maximum atomic E-state index is 11.8. The van der Waals surface area contributed by atoms with Gasteiger partial charge in [0.25, 0.3) is 5.91 Å². The Bertz CT molecular complexity index is 574. The summed E-state index contributed by atoms with van der Waals surface area (Å²) >= 11 is 2.17. The Morgan fingerprint density at radius 1 is 1.17 bits per heavy atom. The Balaban J connectivity index is 1.73. The largest absolute Gasteiger partial charge is 0.454 e. The number of nitrogens with one attached hydrogen (secondary N) is 1. The van der Waals surface area contributed by atoms with E-state index in [0.717, 1.165) is 22.8 Å². The summed E-state index contributed by atoms with van der Waals surface area (Å²) in [5.41, 5.74) is 0.647. The average Bonchev–Trinajstić information content (AvgIpc) is 2.73. The molecule has 2 amide bonds. The molecule has 0 saturated carbocycles. The number of amides is 2. The van der Waals surface area contributed by atoms with Crippen molar-refractivity contribution in [1.29, 1.82) is 0 Å². The minimum Gasteiger partial charge on any atom is -0.454 e. The summed E-state index contributed by atoms with van der Waals surface area (Å²) in [7, 11) is 0. The number of hydrogen-bond donors (Lipinski definition) is 1. The zero-order chi connectivity index (χ0) is 16.7. The predicted octanol–water partition coefficient (Wildman–Crippen LogP) is 2.18. The molecule has 0 aromatic heterocycles. The van der Waals surface area contributed by atoms with Crippen LogP contribution in [0.1, 0.15) is 25.7 Å². The first kappa shape index (κ1) is 17.7. The Morgan fingerprint density at radius 2 is 1.91 bits per heavy atom. The molecule has 23 heavy (non-hydrogen) atoms. The maximum absolute atomic E-state index is 11.8. The standard InChI is InChI=1S/C16H19IN2O4/c17-12-5-7-13(8-6-12)18-14(20)11-23-16(22)10-19-9-3-1-2-4-15(19)21/h5-8H,1-4,9-11H2,(H,18,20). The minimum atomic E-state index is -0.557. The highest BCUT2D eigenvalue weighted by Gasteiger charge is 2.20. The van der Waals surface area contributed by atoms with Crippen LogP contribution in [0.2, 0.25) is 0 Å². The summed E-state index contributed by atoms with van der Waals surface area (Å²) in [5, 5.41) is 2.65. The Morgan fingerprint density at radius 3 is 2.65 bits per heavy atom. The number of nitrogens with zero attached hydrogens (tertiary/aromatic N) is 1. The third kappa shape index (κ3) is 6.17. The second kappa shape index (κ2) is 8.85. The number of halogens is 1. The number of ether oxygens (including phenoxy) is 1. The summed E-state index contributed by atoms with van der Waals surface area (Å²) in [5.74, 6) is -0.984. The SMILES string of the molecule is O=C(COC(=O)CN1CCCCCC1=O)Nc1ccc(I)cc1. The van der Waals surface area contributed by atoms with Crippen LogP contribution in [0.5, 0.6) is 0 Å². The van der Waals surface area contributed by atoms with E-state index in [4.69, 9.17) is 4.74 Å². The highest BCUT2D eigenvalue weighted by Crippen LogP contribution is 2.12. The third-order valence-corrected chi connectivity index (χ3v) is 4.20. The summed E-state index contributed by atoms with van der Waals surface area (Å²) in [6.45, 7) is 0.130. The number of hydrogen-bond acceptors (Lipinski definition) is 4. The van der Waals surface area contributed by atoms with E-state index in [-0.39, 0.29) is 19.1 Å². The van der Waals surface area contributed by atoms with Crippen molar-refractivity contribution in [2.45, 2.75) is 25.7 Å². The van der Waals surface area contributed by atoms with Crippen LogP contribution < -0.4 is 5.32 Å². The Labute approximate surface area is 148 Å². The van der Waals surface area contributed by atoms with Crippen molar-refractivity contribution in [3.8, 4) is 0 Å². The first-order valence-corrected chi connectivity index (χ1v) is 8.61. The highest BCUT2D eigenvalue weighted by molar-refractivity contribution is 14.1. The second-order valence-electron chi connectivity index (χ2n) is 5.34. The fourth-order valence-corrected chi connectivity index (χ4v) is 2.64. The van der Waals surface area contributed by atoms with Crippen LogP contribution in [0.4, 0.5) is 5.69 Å². The van der Waals surface area contributed by atoms with Crippen molar-refractivity contribution in [2.75, 3.05) is 25.0 Å². The van der Waals surface area contributed by atoms with Crippen LogP contribution in [-0.2, 0) is 19.1 Å². The molecular weight excluding hydrogens is 411 g/mol. The minimum absolute atomic E-state index is 0.0252. The molecule has 1 saturated heterocycles. The summed E-state index contributed by atoms with van der Waals surface area (Å²) < 4.78 is 6.01. The molecule has 1 aliphatic rings. The van der Waals surface area contributed by atoms with Crippen molar-refractivity contribution >= 4 is 46.1 Å². The van der Waals surface area contributed by atoms with Crippen molar-refractivity contribution in [3.63, 3.8) is 0 Å². The van der Waals surface area contributed by atoms with Gasteiger partial charge < -0.3 is 15.0 Å². The molecule has 0 atom stereocenters. The van der Waals surface area contributed by atoms with Gasteiger partial charge in [-0.25, -0.2) is 0 Å². The number of likely N-dealkylation sites (tertiary alicyclic amines) is 1. The van der Waals surface area contributed by atoms with Gasteiger partial charge in [-0.15, -0.1) is 0 Å². The van der Waals surface area contributed by atoms with Gasteiger partial charge in [-0.2, -0.15) is 0 Å². The molecule has 0 radical (unpaired) electrons. The molecule has 1 aromatic carbocycles. The zero-order valence-electron chi connectivity index (χ0n) is 12.7. The lowest BCUT2D eigenvalue weighted by Crippen LogP contribution is -2.36. The van der Waals surface area contributed by atoms with E-state index in [1.165, 1.54) is 4.90 Å². The van der Waals surface area contributed by atoms with Gasteiger partial charge in [0.2, 0.25) is 5.91 Å². The molecule has 1 N–H and O–H groups in total. The van der Waals surface area contributed by atoms with Gasteiger partial charge in [0.15, 0.2) is 6.61 Å². The highest BCUT2D eigenvalue weighted by atomic mass is 127. The van der Waals surface area contributed by atoms with Gasteiger partial charge in [0.05, 0.1) is 0 Å². The smallest absolute Gasteiger partial charge is 0.326 e. The molecule has 1 aliphatic heterocycles. The van der Waals surface area contributed by atoms with Crippen LogP contribution in [0, 0.1) is 3.57 Å². The van der Waals surface area contributed by atoms with E-state index >= 15 is 0 Å². The van der Waals surface area contributed by atoms with Crippen LogP contribution in [-0.4, -0.2) is 42.4 Å². The number of anilines is 1. The summed E-state index contributed by atoms with van der Waals surface area (Å²) in [6, 6.07) is 7.29. The molecule has 0 unspecified atom stereocenters. The Hall–Kier alpha value is -1.64. The van der Waals surface area contributed by atoms with E-state index in [2.05, 4.69) is 27.9 Å². The molecule has 0 spiro atoms. The van der Waals surface area contributed by atoms with Crippen LogP contribution in [0.3, 0.4) is 0 Å². The number of carbonyl (C=O) groups is 3. The molecule has 0 aliphatic carbocycles. The number of esters is 1. The van der Waals surface area contributed by atoms with E-state index in [0.29, 0.717) is 18.7 Å². The molecule has 1 aromatic rings. The van der Waals surface area contributed by atoms with E-state index in [1.807, 2.05) is 12.1 Å². The second-order valence-corrected chi connectivity index (χ2v) is 6.59. The van der Waals surface area contributed by atoms with Gasteiger partial charge in [-0.3, -0.25) is 14.4 Å². The molecule has 124 valence electrons.